The summed E-state index contributed by atoms with van der Waals surface area (Å²) in [6.07, 6.45) is 8.68. The van der Waals surface area contributed by atoms with Gasteiger partial charge in [0.05, 0.1) is 0 Å². The van der Waals surface area contributed by atoms with Crippen molar-refractivity contribution >= 4 is 11.6 Å². The average molecular weight is 323 g/mol. The highest BCUT2D eigenvalue weighted by Crippen LogP contribution is 2.55. The van der Waals surface area contributed by atoms with Crippen molar-refractivity contribution in [3.63, 3.8) is 0 Å². The molecule has 0 aliphatic heterocycles. The van der Waals surface area contributed by atoms with Gasteiger partial charge in [-0.15, -0.1) is 0 Å². The molecule has 4 unspecified atom stereocenters. The first-order chi connectivity index (χ1) is 11.7. The van der Waals surface area contributed by atoms with E-state index in [9.17, 15) is 9.59 Å². The summed E-state index contributed by atoms with van der Waals surface area (Å²) in [6, 6.07) is 5.64. The van der Waals surface area contributed by atoms with Gasteiger partial charge in [0.2, 0.25) is 0 Å². The smallest absolute Gasteiger partial charge is 0.152 e. The maximum atomic E-state index is 13.2. The molecule has 2 bridgehead atoms. The Morgan fingerprint density at radius 3 is 2.00 bits per heavy atom. The van der Waals surface area contributed by atoms with E-state index in [0.29, 0.717) is 11.7 Å². The Hall–Kier alpha value is -1.94. The lowest BCUT2D eigenvalue weighted by atomic mass is 9.63. The first-order valence-corrected chi connectivity index (χ1v) is 8.95. The molecule has 6 rings (SSSR count). The molecule has 4 heteroatoms. The Morgan fingerprint density at radius 2 is 1.50 bits per heavy atom. The molecule has 2 N–H and O–H groups in total. The zero-order valence-corrected chi connectivity index (χ0v) is 13.5. The number of Topliss-reactive ketones (excluding diaryl/α,β-unsaturated/α-hetero) is 2. The zero-order valence-electron chi connectivity index (χ0n) is 13.5. The highest BCUT2D eigenvalue weighted by molar-refractivity contribution is 6.16. The number of nitrogens with two attached hydrogens (primary N) is 1. The molecule has 1 aromatic carbocycles. The molecule has 24 heavy (non-hydrogen) atoms. The molecule has 0 spiro atoms. The normalized spacial score (nSPS) is 37.0. The maximum absolute atomic E-state index is 13.2. The highest BCUT2D eigenvalue weighted by Gasteiger charge is 2.58. The highest BCUT2D eigenvalue weighted by atomic mass is 16.6. The van der Waals surface area contributed by atoms with Crippen LogP contribution in [0.3, 0.4) is 0 Å². The van der Waals surface area contributed by atoms with Gasteiger partial charge in [0.25, 0.3) is 0 Å². The fraction of sp³-hybridized carbons (Fsp3) is 0.500. The third-order valence-electron chi connectivity index (χ3n) is 6.50. The SMILES string of the molecule is NOc1ccc(C2CC2)c(C2C(=O)C3C4C=CC(CC4)C3C2=O)c1. The predicted octanol–water partition coefficient (Wildman–Crippen LogP) is 2.88. The molecular weight excluding hydrogens is 302 g/mol. The summed E-state index contributed by atoms with van der Waals surface area (Å²) in [4.78, 5) is 31.3. The number of carbonyl (C=O) groups is 2. The van der Waals surface area contributed by atoms with Crippen LogP contribution in [0, 0.1) is 23.7 Å². The lowest BCUT2D eigenvalue weighted by molar-refractivity contribution is -0.125. The van der Waals surface area contributed by atoms with Gasteiger partial charge in [-0.2, -0.15) is 5.90 Å². The van der Waals surface area contributed by atoms with Crippen LogP contribution in [0.25, 0.3) is 0 Å². The van der Waals surface area contributed by atoms with Gasteiger partial charge in [-0.25, -0.2) is 0 Å². The number of allylic oxidation sites excluding steroid dienone is 2. The molecule has 124 valence electrons. The second-order valence-corrected chi connectivity index (χ2v) is 7.76. The summed E-state index contributed by atoms with van der Waals surface area (Å²) in [6.45, 7) is 0. The number of ketones is 2. The van der Waals surface area contributed by atoms with Crippen molar-refractivity contribution in [2.24, 2.45) is 29.6 Å². The van der Waals surface area contributed by atoms with Crippen LogP contribution in [0.1, 0.15) is 48.6 Å². The molecule has 0 aromatic heterocycles. The van der Waals surface area contributed by atoms with Crippen LogP contribution in [0.2, 0.25) is 0 Å². The zero-order chi connectivity index (χ0) is 16.4. The molecule has 0 amide bonds. The first-order valence-electron chi connectivity index (χ1n) is 8.95. The lowest BCUT2D eigenvalue weighted by Crippen LogP contribution is -2.38. The Bertz CT molecular complexity index is 732. The monoisotopic (exact) mass is 323 g/mol. The standard InChI is InChI=1S/C20H21NO3/c21-24-13-7-8-14(10-1-2-10)15(9-13)18-19(22)16-11-3-4-12(6-5-11)17(16)20(18)23/h3-4,7-12,16-18H,1-2,5-6,21H2. The quantitative estimate of drug-likeness (QED) is 0.527. The van der Waals surface area contributed by atoms with Gasteiger partial charge in [0.15, 0.2) is 11.6 Å². The minimum Gasteiger partial charge on any atom is -0.412 e. The van der Waals surface area contributed by atoms with Crippen LogP contribution in [0.15, 0.2) is 30.4 Å². The number of carbonyl (C=O) groups excluding carboxylic acids is 2. The minimum atomic E-state index is -0.617. The first kappa shape index (κ1) is 14.4. The van der Waals surface area contributed by atoms with E-state index in [0.717, 1.165) is 36.8 Å². The van der Waals surface area contributed by atoms with Crippen molar-refractivity contribution in [2.45, 2.75) is 37.5 Å². The van der Waals surface area contributed by atoms with Gasteiger partial charge in [-0.1, -0.05) is 18.2 Å². The van der Waals surface area contributed by atoms with Crippen molar-refractivity contribution in [1.29, 1.82) is 0 Å². The molecule has 0 radical (unpaired) electrons. The summed E-state index contributed by atoms with van der Waals surface area (Å²) < 4.78 is 0. The number of benzene rings is 1. The van der Waals surface area contributed by atoms with E-state index in [1.807, 2.05) is 18.2 Å². The maximum Gasteiger partial charge on any atom is 0.152 e. The van der Waals surface area contributed by atoms with E-state index in [4.69, 9.17) is 10.7 Å². The Morgan fingerprint density at radius 1 is 0.875 bits per heavy atom. The Balaban J connectivity index is 1.60. The fourth-order valence-corrected chi connectivity index (χ4v) is 5.24. The van der Waals surface area contributed by atoms with Crippen LogP contribution >= 0.6 is 0 Å². The predicted molar refractivity (Wildman–Crippen MR) is 88.3 cm³/mol. The number of hydrogen-bond donors (Lipinski definition) is 1. The van der Waals surface area contributed by atoms with Crippen molar-refractivity contribution < 1.29 is 14.4 Å². The van der Waals surface area contributed by atoms with E-state index in [-0.39, 0.29) is 35.2 Å². The van der Waals surface area contributed by atoms with Crippen LogP contribution in [0.5, 0.6) is 5.75 Å². The molecule has 5 aliphatic rings. The van der Waals surface area contributed by atoms with Crippen LogP contribution in [-0.2, 0) is 9.59 Å². The topological polar surface area (TPSA) is 69.4 Å². The molecular formula is C20H21NO3. The largest absolute Gasteiger partial charge is 0.412 e. The van der Waals surface area contributed by atoms with E-state index >= 15 is 0 Å². The molecule has 4 nitrogen and oxygen atoms in total. The molecule has 5 aliphatic carbocycles. The third-order valence-corrected chi connectivity index (χ3v) is 6.50. The van der Waals surface area contributed by atoms with Gasteiger partial charge < -0.3 is 4.84 Å². The number of rotatable bonds is 3. The number of hydrogen-bond acceptors (Lipinski definition) is 4. The minimum absolute atomic E-state index is 0.110. The summed E-state index contributed by atoms with van der Waals surface area (Å²) in [5.41, 5.74) is 1.99. The van der Waals surface area contributed by atoms with E-state index in [2.05, 4.69) is 12.2 Å². The molecule has 3 saturated carbocycles. The van der Waals surface area contributed by atoms with Crippen LogP contribution in [0.4, 0.5) is 0 Å². The molecule has 3 fully saturated rings. The number of fused-ring (bicyclic) bond motifs is 1. The Kier molecular flexibility index (Phi) is 3.02. The van der Waals surface area contributed by atoms with Gasteiger partial charge in [0, 0.05) is 11.8 Å². The van der Waals surface area contributed by atoms with Gasteiger partial charge >= 0.3 is 0 Å². The fourth-order valence-electron chi connectivity index (χ4n) is 5.24. The van der Waals surface area contributed by atoms with Crippen LogP contribution < -0.4 is 10.7 Å². The van der Waals surface area contributed by atoms with Crippen LogP contribution in [-0.4, -0.2) is 11.6 Å². The van der Waals surface area contributed by atoms with Gasteiger partial charge in [-0.3, -0.25) is 9.59 Å². The Labute approximate surface area is 141 Å². The molecule has 0 saturated heterocycles. The van der Waals surface area contributed by atoms with Gasteiger partial charge in [-0.05, 0) is 66.7 Å². The van der Waals surface area contributed by atoms with Crippen molar-refractivity contribution in [3.05, 3.63) is 41.5 Å². The summed E-state index contributed by atoms with van der Waals surface area (Å²) in [5, 5.41) is 0. The summed E-state index contributed by atoms with van der Waals surface area (Å²) in [5.74, 6) is 6.23. The van der Waals surface area contributed by atoms with E-state index in [1.165, 1.54) is 0 Å². The van der Waals surface area contributed by atoms with Crippen molar-refractivity contribution in [2.75, 3.05) is 0 Å². The third kappa shape index (κ3) is 1.89. The summed E-state index contributed by atoms with van der Waals surface area (Å²) >= 11 is 0. The van der Waals surface area contributed by atoms with Crippen molar-refractivity contribution in [3.8, 4) is 5.75 Å². The van der Waals surface area contributed by atoms with Gasteiger partial charge in [0.1, 0.15) is 11.7 Å². The second-order valence-electron chi connectivity index (χ2n) is 7.76. The lowest BCUT2D eigenvalue weighted by Gasteiger charge is -2.39. The van der Waals surface area contributed by atoms with E-state index in [1.54, 1.807) is 0 Å². The van der Waals surface area contributed by atoms with E-state index < -0.39 is 5.92 Å². The average Bonchev–Trinajstić information content (AvgIpc) is 3.42. The van der Waals surface area contributed by atoms with Crippen molar-refractivity contribution in [1.82, 2.24) is 0 Å². The molecule has 0 heterocycles. The second kappa shape index (κ2) is 5.03. The summed E-state index contributed by atoms with van der Waals surface area (Å²) in [7, 11) is 0. The molecule has 4 atom stereocenters. The molecule has 1 aromatic rings.